The highest BCUT2D eigenvalue weighted by molar-refractivity contribution is 5.89. The van der Waals surface area contributed by atoms with Gasteiger partial charge >= 0.3 is 6.03 Å². The van der Waals surface area contributed by atoms with Crippen molar-refractivity contribution in [2.45, 2.75) is 31.9 Å². The molecule has 3 aromatic rings. The van der Waals surface area contributed by atoms with Gasteiger partial charge in [-0.05, 0) is 66.3 Å². The number of ether oxygens (including phenoxy) is 1. The maximum absolute atomic E-state index is 13.0. The van der Waals surface area contributed by atoms with Gasteiger partial charge in [0, 0.05) is 50.2 Å². The number of nitrogens with one attached hydrogen (secondary N) is 1. The smallest absolute Gasteiger partial charge is 0.322 e. The Kier molecular flexibility index (Phi) is 6.67. The Balaban J connectivity index is 1.40. The Labute approximate surface area is 176 Å². The zero-order chi connectivity index (χ0) is 20.6. The summed E-state index contributed by atoms with van der Waals surface area (Å²) in [6, 6.07) is 15.7. The van der Waals surface area contributed by atoms with Gasteiger partial charge in [-0.3, -0.25) is 9.97 Å². The molecule has 4 rings (SSSR count). The maximum atomic E-state index is 13.0. The Bertz CT molecular complexity index is 926. The first-order valence-electron chi connectivity index (χ1n) is 10.3. The number of hydrogen-bond acceptors (Lipinski definition) is 4. The SMILES string of the molecule is O=C(Nc1ccc(Cc2ccncc2)cc1)N(Cc1cccnc1)C[C@@H]1CCCO1. The summed E-state index contributed by atoms with van der Waals surface area (Å²) in [4.78, 5) is 23.0. The molecule has 1 atom stereocenters. The molecule has 0 saturated carbocycles. The van der Waals surface area contributed by atoms with Gasteiger partial charge in [-0.25, -0.2) is 4.79 Å². The van der Waals surface area contributed by atoms with Crippen molar-refractivity contribution in [1.29, 1.82) is 0 Å². The minimum atomic E-state index is -0.128. The van der Waals surface area contributed by atoms with Crippen LogP contribution >= 0.6 is 0 Å². The number of amides is 2. The average molecular weight is 402 g/mol. The van der Waals surface area contributed by atoms with Crippen LogP contribution < -0.4 is 5.32 Å². The van der Waals surface area contributed by atoms with Gasteiger partial charge in [0.1, 0.15) is 0 Å². The van der Waals surface area contributed by atoms with E-state index in [1.165, 1.54) is 11.1 Å². The number of carbonyl (C=O) groups is 1. The topological polar surface area (TPSA) is 67.4 Å². The lowest BCUT2D eigenvalue weighted by atomic mass is 10.1. The second kappa shape index (κ2) is 9.98. The molecule has 2 aromatic heterocycles. The minimum absolute atomic E-state index is 0.0927. The van der Waals surface area contributed by atoms with Crippen LogP contribution in [0.3, 0.4) is 0 Å². The summed E-state index contributed by atoms with van der Waals surface area (Å²) in [6.45, 7) is 1.84. The third kappa shape index (κ3) is 5.64. The highest BCUT2D eigenvalue weighted by Crippen LogP contribution is 2.18. The van der Waals surface area contributed by atoms with Crippen molar-refractivity contribution in [1.82, 2.24) is 14.9 Å². The van der Waals surface area contributed by atoms with E-state index in [0.29, 0.717) is 13.1 Å². The van der Waals surface area contributed by atoms with E-state index in [-0.39, 0.29) is 12.1 Å². The normalized spacial score (nSPS) is 15.7. The van der Waals surface area contributed by atoms with E-state index in [9.17, 15) is 4.79 Å². The lowest BCUT2D eigenvalue weighted by molar-refractivity contribution is 0.0819. The third-order valence-corrected chi connectivity index (χ3v) is 5.19. The largest absolute Gasteiger partial charge is 0.376 e. The van der Waals surface area contributed by atoms with Crippen molar-refractivity contribution in [3.8, 4) is 0 Å². The predicted octanol–water partition coefficient (Wildman–Crippen LogP) is 4.28. The summed E-state index contributed by atoms with van der Waals surface area (Å²) in [5.41, 5.74) is 4.17. The van der Waals surface area contributed by atoms with Crippen LogP contribution in [0.5, 0.6) is 0 Å². The maximum Gasteiger partial charge on any atom is 0.322 e. The van der Waals surface area contributed by atoms with Gasteiger partial charge < -0.3 is 15.0 Å². The number of anilines is 1. The van der Waals surface area contributed by atoms with Crippen LogP contribution in [0.15, 0.2) is 73.3 Å². The molecule has 0 spiro atoms. The molecule has 1 N–H and O–H groups in total. The van der Waals surface area contributed by atoms with Crippen LogP contribution in [0.2, 0.25) is 0 Å². The molecule has 1 aliphatic rings. The summed E-state index contributed by atoms with van der Waals surface area (Å²) in [5, 5.41) is 3.03. The fourth-order valence-electron chi connectivity index (χ4n) is 3.61. The predicted molar refractivity (Wildman–Crippen MR) is 116 cm³/mol. The van der Waals surface area contributed by atoms with Gasteiger partial charge in [-0.2, -0.15) is 0 Å². The Morgan fingerprint density at radius 2 is 1.80 bits per heavy atom. The fraction of sp³-hybridized carbons (Fsp3) is 0.292. The van der Waals surface area contributed by atoms with E-state index >= 15 is 0 Å². The standard InChI is InChI=1S/C24H26N4O2/c29-24(27-22-7-5-19(6-8-22)15-20-9-12-25-13-10-20)28(18-23-4-2-14-30-23)17-21-3-1-11-26-16-21/h1,3,5-13,16,23H,2,4,14-15,17-18H2,(H,27,29)/t23-/m0/s1. The van der Waals surface area contributed by atoms with Gasteiger partial charge in [0.05, 0.1) is 6.10 Å². The molecule has 0 radical (unpaired) electrons. The average Bonchev–Trinajstić information content (AvgIpc) is 3.29. The molecule has 3 heterocycles. The number of carbonyl (C=O) groups excluding carboxylic acids is 1. The lowest BCUT2D eigenvalue weighted by Gasteiger charge is -2.26. The van der Waals surface area contributed by atoms with Crippen molar-refractivity contribution >= 4 is 11.7 Å². The monoisotopic (exact) mass is 402 g/mol. The van der Waals surface area contributed by atoms with Gasteiger partial charge in [0.25, 0.3) is 0 Å². The number of rotatable bonds is 7. The number of aromatic nitrogens is 2. The zero-order valence-electron chi connectivity index (χ0n) is 16.9. The molecule has 1 saturated heterocycles. The summed E-state index contributed by atoms with van der Waals surface area (Å²) < 4.78 is 5.75. The van der Waals surface area contributed by atoms with E-state index in [1.54, 1.807) is 29.7 Å². The van der Waals surface area contributed by atoms with Gasteiger partial charge in [-0.1, -0.05) is 18.2 Å². The van der Waals surface area contributed by atoms with E-state index in [0.717, 1.165) is 37.1 Å². The Morgan fingerprint density at radius 1 is 1.00 bits per heavy atom. The van der Waals surface area contributed by atoms with E-state index in [4.69, 9.17) is 4.74 Å². The molecule has 30 heavy (non-hydrogen) atoms. The molecule has 6 heteroatoms. The quantitative estimate of drug-likeness (QED) is 0.641. The molecule has 2 amide bonds. The van der Waals surface area contributed by atoms with E-state index in [1.807, 2.05) is 48.5 Å². The first-order chi connectivity index (χ1) is 14.8. The zero-order valence-corrected chi connectivity index (χ0v) is 16.9. The Hall–Kier alpha value is -3.25. The van der Waals surface area contributed by atoms with Crippen LogP contribution in [-0.4, -0.2) is 40.2 Å². The fourth-order valence-corrected chi connectivity index (χ4v) is 3.61. The number of hydrogen-bond donors (Lipinski definition) is 1. The first kappa shape index (κ1) is 20.0. The number of pyridine rings is 2. The van der Waals surface area contributed by atoms with Crippen LogP contribution in [0, 0.1) is 0 Å². The van der Waals surface area contributed by atoms with Crippen LogP contribution in [0.1, 0.15) is 29.5 Å². The number of benzene rings is 1. The minimum Gasteiger partial charge on any atom is -0.376 e. The van der Waals surface area contributed by atoms with Crippen molar-refractivity contribution in [2.75, 3.05) is 18.5 Å². The highest BCUT2D eigenvalue weighted by atomic mass is 16.5. The molecule has 6 nitrogen and oxygen atoms in total. The molecule has 1 aliphatic heterocycles. The van der Waals surface area contributed by atoms with Crippen LogP contribution in [-0.2, 0) is 17.7 Å². The van der Waals surface area contributed by atoms with Crippen LogP contribution in [0.25, 0.3) is 0 Å². The molecule has 154 valence electrons. The molecule has 1 fully saturated rings. The molecule has 0 aliphatic carbocycles. The second-order valence-electron chi connectivity index (χ2n) is 7.54. The van der Waals surface area contributed by atoms with E-state index < -0.39 is 0 Å². The van der Waals surface area contributed by atoms with Crippen LogP contribution in [0.4, 0.5) is 10.5 Å². The Morgan fingerprint density at radius 3 is 2.50 bits per heavy atom. The van der Waals surface area contributed by atoms with E-state index in [2.05, 4.69) is 15.3 Å². The number of nitrogens with zero attached hydrogens (tertiary/aromatic N) is 3. The first-order valence-corrected chi connectivity index (χ1v) is 10.3. The molecule has 1 aromatic carbocycles. The van der Waals surface area contributed by atoms with Crippen molar-refractivity contribution in [2.24, 2.45) is 0 Å². The lowest BCUT2D eigenvalue weighted by Crippen LogP contribution is -2.39. The van der Waals surface area contributed by atoms with Crippen molar-refractivity contribution in [3.63, 3.8) is 0 Å². The number of urea groups is 1. The van der Waals surface area contributed by atoms with Crippen molar-refractivity contribution < 1.29 is 9.53 Å². The van der Waals surface area contributed by atoms with Gasteiger partial charge in [0.15, 0.2) is 0 Å². The molecular weight excluding hydrogens is 376 g/mol. The van der Waals surface area contributed by atoms with Gasteiger partial charge in [-0.15, -0.1) is 0 Å². The second-order valence-corrected chi connectivity index (χ2v) is 7.54. The molecular formula is C24H26N4O2. The highest BCUT2D eigenvalue weighted by Gasteiger charge is 2.23. The molecule has 0 unspecified atom stereocenters. The summed E-state index contributed by atoms with van der Waals surface area (Å²) in [6.07, 6.45) is 10.1. The summed E-state index contributed by atoms with van der Waals surface area (Å²) in [7, 11) is 0. The molecule has 0 bridgehead atoms. The van der Waals surface area contributed by atoms with Crippen molar-refractivity contribution in [3.05, 3.63) is 90.0 Å². The summed E-state index contributed by atoms with van der Waals surface area (Å²) in [5.74, 6) is 0. The summed E-state index contributed by atoms with van der Waals surface area (Å²) >= 11 is 0. The van der Waals surface area contributed by atoms with Gasteiger partial charge in [0.2, 0.25) is 0 Å². The third-order valence-electron chi connectivity index (χ3n) is 5.19.